The van der Waals surface area contributed by atoms with Crippen molar-refractivity contribution in [1.29, 1.82) is 0 Å². The summed E-state index contributed by atoms with van der Waals surface area (Å²) in [6.45, 7) is 4.20. The van der Waals surface area contributed by atoms with Gasteiger partial charge in [-0.15, -0.1) is 0 Å². The fourth-order valence-corrected chi connectivity index (χ4v) is 2.20. The van der Waals surface area contributed by atoms with Crippen molar-refractivity contribution in [1.82, 2.24) is 0 Å². The molecular weight excluding hydrogens is 268 g/mol. The molecule has 0 radical (unpaired) electrons. The molecule has 0 amide bonds. The standard InChI is InChI=1S/C17H30O4/c1-3-5-6-7-8-9-10-11-12-15(4-2)21-17(20)14-13-16(18)19/h13-15H,3-12H2,1-2H3,(H,18,19)/b14-13+. The van der Waals surface area contributed by atoms with Gasteiger partial charge in [-0.05, 0) is 19.3 Å². The molecule has 4 nitrogen and oxygen atoms in total. The summed E-state index contributed by atoms with van der Waals surface area (Å²) in [6.07, 6.45) is 13.3. The summed E-state index contributed by atoms with van der Waals surface area (Å²) >= 11 is 0. The number of carbonyl (C=O) groups is 2. The van der Waals surface area contributed by atoms with E-state index in [2.05, 4.69) is 6.92 Å². The van der Waals surface area contributed by atoms with E-state index in [1.165, 1.54) is 44.9 Å². The summed E-state index contributed by atoms with van der Waals surface area (Å²) < 4.78 is 5.22. The lowest BCUT2D eigenvalue weighted by atomic mass is 10.0. The molecule has 0 spiro atoms. The third-order valence-corrected chi connectivity index (χ3v) is 3.48. The van der Waals surface area contributed by atoms with Crippen LogP contribution in [0.2, 0.25) is 0 Å². The molecule has 4 heteroatoms. The Hall–Kier alpha value is -1.32. The van der Waals surface area contributed by atoms with Crippen molar-refractivity contribution >= 4 is 11.9 Å². The van der Waals surface area contributed by atoms with E-state index in [4.69, 9.17) is 9.84 Å². The van der Waals surface area contributed by atoms with Crippen LogP contribution in [0, 0.1) is 0 Å². The van der Waals surface area contributed by atoms with Gasteiger partial charge in [-0.3, -0.25) is 0 Å². The highest BCUT2D eigenvalue weighted by molar-refractivity contribution is 5.90. The van der Waals surface area contributed by atoms with Crippen LogP contribution in [0.5, 0.6) is 0 Å². The molecule has 1 N–H and O–H groups in total. The molecule has 0 aromatic heterocycles. The van der Waals surface area contributed by atoms with Crippen molar-refractivity contribution in [2.45, 2.75) is 84.2 Å². The van der Waals surface area contributed by atoms with Crippen LogP contribution in [0.25, 0.3) is 0 Å². The van der Waals surface area contributed by atoms with Crippen molar-refractivity contribution in [2.75, 3.05) is 0 Å². The molecule has 0 rings (SSSR count). The van der Waals surface area contributed by atoms with E-state index >= 15 is 0 Å². The van der Waals surface area contributed by atoms with Gasteiger partial charge in [0.25, 0.3) is 0 Å². The van der Waals surface area contributed by atoms with Crippen molar-refractivity contribution in [3.8, 4) is 0 Å². The van der Waals surface area contributed by atoms with E-state index in [0.717, 1.165) is 31.4 Å². The molecule has 1 unspecified atom stereocenters. The topological polar surface area (TPSA) is 63.6 Å². The van der Waals surface area contributed by atoms with Crippen LogP contribution in [-0.2, 0) is 14.3 Å². The molecule has 0 bridgehead atoms. The van der Waals surface area contributed by atoms with Gasteiger partial charge in [0.2, 0.25) is 0 Å². The molecule has 0 heterocycles. The summed E-state index contributed by atoms with van der Waals surface area (Å²) in [5, 5.41) is 8.44. The van der Waals surface area contributed by atoms with Crippen molar-refractivity contribution in [3.63, 3.8) is 0 Å². The zero-order valence-corrected chi connectivity index (χ0v) is 13.5. The van der Waals surface area contributed by atoms with Gasteiger partial charge >= 0.3 is 11.9 Å². The highest BCUT2D eigenvalue weighted by atomic mass is 16.5. The fourth-order valence-electron chi connectivity index (χ4n) is 2.20. The van der Waals surface area contributed by atoms with E-state index in [-0.39, 0.29) is 6.10 Å². The lowest BCUT2D eigenvalue weighted by molar-refractivity contribution is -0.144. The Morgan fingerprint density at radius 2 is 1.52 bits per heavy atom. The molecule has 0 saturated heterocycles. The molecule has 0 fully saturated rings. The molecule has 0 saturated carbocycles. The Morgan fingerprint density at radius 3 is 2.05 bits per heavy atom. The van der Waals surface area contributed by atoms with E-state index in [9.17, 15) is 9.59 Å². The molecular formula is C17H30O4. The molecule has 0 aliphatic carbocycles. The predicted molar refractivity (Wildman–Crippen MR) is 84.2 cm³/mol. The smallest absolute Gasteiger partial charge is 0.331 e. The molecule has 0 aromatic carbocycles. The Balaban J connectivity index is 3.66. The zero-order valence-electron chi connectivity index (χ0n) is 13.5. The lowest BCUT2D eigenvalue weighted by Crippen LogP contribution is -2.16. The van der Waals surface area contributed by atoms with Gasteiger partial charge in [-0.1, -0.05) is 58.8 Å². The summed E-state index contributed by atoms with van der Waals surface area (Å²) in [4.78, 5) is 21.7. The first-order chi connectivity index (χ1) is 10.1. The van der Waals surface area contributed by atoms with E-state index in [0.29, 0.717) is 0 Å². The Kier molecular flexibility index (Phi) is 12.8. The number of aliphatic carboxylic acids is 1. The second-order valence-corrected chi connectivity index (χ2v) is 5.40. The average molecular weight is 298 g/mol. The lowest BCUT2D eigenvalue weighted by Gasteiger charge is -2.14. The summed E-state index contributed by atoms with van der Waals surface area (Å²) in [5.74, 6) is -1.70. The molecule has 21 heavy (non-hydrogen) atoms. The Bertz CT molecular complexity index is 310. The van der Waals surface area contributed by atoms with Gasteiger partial charge in [-0.2, -0.15) is 0 Å². The predicted octanol–water partition coefficient (Wildman–Crippen LogP) is 4.48. The third-order valence-electron chi connectivity index (χ3n) is 3.48. The van der Waals surface area contributed by atoms with Gasteiger partial charge in [0.1, 0.15) is 6.10 Å². The van der Waals surface area contributed by atoms with Crippen LogP contribution in [0.1, 0.15) is 78.1 Å². The quantitative estimate of drug-likeness (QED) is 0.309. The highest BCUT2D eigenvalue weighted by Crippen LogP contribution is 2.13. The van der Waals surface area contributed by atoms with E-state index in [1.807, 2.05) is 6.92 Å². The van der Waals surface area contributed by atoms with Gasteiger partial charge in [0.05, 0.1) is 0 Å². The first kappa shape index (κ1) is 19.7. The minimum atomic E-state index is -1.14. The number of carbonyl (C=O) groups excluding carboxylic acids is 1. The van der Waals surface area contributed by atoms with Crippen LogP contribution in [-0.4, -0.2) is 23.1 Å². The molecule has 0 aliphatic rings. The van der Waals surface area contributed by atoms with Crippen LogP contribution in [0.3, 0.4) is 0 Å². The number of ether oxygens (including phenoxy) is 1. The van der Waals surface area contributed by atoms with Crippen LogP contribution in [0.4, 0.5) is 0 Å². The van der Waals surface area contributed by atoms with Crippen LogP contribution in [0.15, 0.2) is 12.2 Å². The second-order valence-electron chi connectivity index (χ2n) is 5.40. The second kappa shape index (κ2) is 13.7. The van der Waals surface area contributed by atoms with Crippen LogP contribution < -0.4 is 0 Å². The van der Waals surface area contributed by atoms with Gasteiger partial charge in [0.15, 0.2) is 0 Å². The SMILES string of the molecule is CCCCCCCCCCC(CC)OC(=O)/C=C/C(=O)O. The van der Waals surface area contributed by atoms with Crippen molar-refractivity contribution in [2.24, 2.45) is 0 Å². The summed E-state index contributed by atoms with van der Waals surface area (Å²) in [5.41, 5.74) is 0. The maximum atomic E-state index is 11.4. The van der Waals surface area contributed by atoms with Gasteiger partial charge < -0.3 is 9.84 Å². The van der Waals surface area contributed by atoms with Crippen molar-refractivity contribution in [3.05, 3.63) is 12.2 Å². The summed E-state index contributed by atoms with van der Waals surface area (Å²) in [6, 6.07) is 0. The van der Waals surface area contributed by atoms with E-state index in [1.54, 1.807) is 0 Å². The number of esters is 1. The minimum absolute atomic E-state index is 0.101. The molecule has 1 atom stereocenters. The Labute approximate surface area is 128 Å². The van der Waals surface area contributed by atoms with Gasteiger partial charge in [0, 0.05) is 12.2 Å². The molecule has 0 aromatic rings. The number of unbranched alkanes of at least 4 members (excludes halogenated alkanes) is 7. The largest absolute Gasteiger partial charge is 0.478 e. The monoisotopic (exact) mass is 298 g/mol. The normalized spacial score (nSPS) is 12.5. The molecule has 122 valence electrons. The van der Waals surface area contributed by atoms with Gasteiger partial charge in [-0.25, -0.2) is 9.59 Å². The first-order valence-electron chi connectivity index (χ1n) is 8.21. The highest BCUT2D eigenvalue weighted by Gasteiger charge is 2.10. The number of carboxylic acid groups (broad SMARTS) is 1. The zero-order chi connectivity index (χ0) is 15.9. The first-order valence-corrected chi connectivity index (χ1v) is 8.21. The molecule has 0 aliphatic heterocycles. The van der Waals surface area contributed by atoms with E-state index < -0.39 is 11.9 Å². The van der Waals surface area contributed by atoms with Crippen molar-refractivity contribution < 1.29 is 19.4 Å². The maximum Gasteiger partial charge on any atom is 0.331 e. The Morgan fingerprint density at radius 1 is 0.952 bits per heavy atom. The number of carboxylic acids is 1. The van der Waals surface area contributed by atoms with Crippen LogP contribution >= 0.6 is 0 Å². The number of hydrogen-bond acceptors (Lipinski definition) is 3. The summed E-state index contributed by atoms with van der Waals surface area (Å²) in [7, 11) is 0. The fraction of sp³-hybridized carbons (Fsp3) is 0.765. The number of rotatable bonds is 13. The number of hydrogen-bond donors (Lipinski definition) is 1. The third kappa shape index (κ3) is 13.4. The minimum Gasteiger partial charge on any atom is -0.478 e. The maximum absolute atomic E-state index is 11.4. The average Bonchev–Trinajstić information content (AvgIpc) is 2.46.